The van der Waals surface area contributed by atoms with Crippen LogP contribution in [0.1, 0.15) is 13.3 Å². The molecule has 0 fully saturated rings. The molecule has 0 spiro atoms. The van der Waals surface area contributed by atoms with Crippen molar-refractivity contribution in [3.8, 4) is 6.07 Å². The molecule has 0 aliphatic heterocycles. The van der Waals surface area contributed by atoms with Gasteiger partial charge in [0.05, 0.1) is 25.6 Å². The Balaban J connectivity index is 2.78. The summed E-state index contributed by atoms with van der Waals surface area (Å²) in [5, 5.41) is 17.8. The van der Waals surface area contributed by atoms with E-state index in [-0.39, 0.29) is 25.1 Å². The topological polar surface area (TPSA) is 67.6 Å². The average molecular weight is 275 g/mol. The zero-order valence-corrected chi connectivity index (χ0v) is 12.0. The number of carbonyl (C=O) groups excluding carboxylic acids is 1. The summed E-state index contributed by atoms with van der Waals surface area (Å²) in [6, 6.07) is 11.3. The predicted molar refractivity (Wildman–Crippen MR) is 78.2 cm³/mol. The molecule has 0 saturated heterocycles. The van der Waals surface area contributed by atoms with Gasteiger partial charge in [-0.3, -0.25) is 9.69 Å². The van der Waals surface area contributed by atoms with Crippen molar-refractivity contribution in [2.75, 3.05) is 31.6 Å². The number of aliphatic hydroxyl groups is 1. The minimum absolute atomic E-state index is 0.00725. The van der Waals surface area contributed by atoms with Gasteiger partial charge in [0, 0.05) is 18.3 Å². The minimum atomic E-state index is -0.0764. The van der Waals surface area contributed by atoms with E-state index in [0.29, 0.717) is 13.0 Å². The summed E-state index contributed by atoms with van der Waals surface area (Å²) in [7, 11) is 1.80. The highest BCUT2D eigenvalue weighted by atomic mass is 16.3. The van der Waals surface area contributed by atoms with Crippen LogP contribution in [-0.4, -0.2) is 48.7 Å². The highest BCUT2D eigenvalue weighted by molar-refractivity contribution is 5.94. The highest BCUT2D eigenvalue weighted by Gasteiger charge is 2.19. The smallest absolute Gasteiger partial charge is 0.241 e. The van der Waals surface area contributed by atoms with Gasteiger partial charge < -0.3 is 10.0 Å². The van der Waals surface area contributed by atoms with Gasteiger partial charge in [0.25, 0.3) is 0 Å². The minimum Gasteiger partial charge on any atom is -0.395 e. The van der Waals surface area contributed by atoms with Crippen LogP contribution >= 0.6 is 0 Å². The van der Waals surface area contributed by atoms with Crippen LogP contribution in [0.4, 0.5) is 5.69 Å². The van der Waals surface area contributed by atoms with E-state index in [2.05, 4.69) is 6.07 Å². The SMILES string of the molecule is CC(CO)N(C)CC(=O)N(CCC#N)c1ccccc1. The molecule has 0 radical (unpaired) electrons. The first kappa shape index (κ1) is 16.2. The number of amides is 1. The number of nitrogens with zero attached hydrogens (tertiary/aromatic N) is 3. The van der Waals surface area contributed by atoms with Crippen LogP contribution < -0.4 is 4.90 Å². The normalized spacial score (nSPS) is 11.9. The molecular weight excluding hydrogens is 254 g/mol. The number of aliphatic hydroxyl groups excluding tert-OH is 1. The maximum absolute atomic E-state index is 12.4. The fourth-order valence-electron chi connectivity index (χ4n) is 1.76. The Morgan fingerprint density at radius 1 is 1.40 bits per heavy atom. The third-order valence-corrected chi connectivity index (χ3v) is 3.22. The number of anilines is 1. The number of benzene rings is 1. The van der Waals surface area contributed by atoms with Gasteiger partial charge in [0.15, 0.2) is 0 Å². The molecule has 0 bridgehead atoms. The van der Waals surface area contributed by atoms with E-state index in [4.69, 9.17) is 10.4 Å². The summed E-state index contributed by atoms with van der Waals surface area (Å²) >= 11 is 0. The number of hydrogen-bond acceptors (Lipinski definition) is 4. The Labute approximate surface area is 120 Å². The molecule has 5 nitrogen and oxygen atoms in total. The van der Waals surface area contributed by atoms with Crippen molar-refractivity contribution in [3.05, 3.63) is 30.3 Å². The third-order valence-electron chi connectivity index (χ3n) is 3.22. The lowest BCUT2D eigenvalue weighted by molar-refractivity contribution is -0.120. The van der Waals surface area contributed by atoms with Crippen LogP contribution in [0, 0.1) is 11.3 Å². The molecule has 1 unspecified atom stereocenters. The second kappa shape index (κ2) is 8.31. The second-order valence-electron chi connectivity index (χ2n) is 4.74. The molecule has 1 aromatic rings. The quantitative estimate of drug-likeness (QED) is 0.813. The summed E-state index contributed by atoms with van der Waals surface area (Å²) in [5.41, 5.74) is 0.790. The van der Waals surface area contributed by atoms with E-state index in [9.17, 15) is 4.79 Å². The van der Waals surface area contributed by atoms with Gasteiger partial charge in [-0.15, -0.1) is 0 Å². The summed E-state index contributed by atoms with van der Waals surface area (Å²) in [5.74, 6) is -0.0748. The van der Waals surface area contributed by atoms with Crippen molar-refractivity contribution in [3.63, 3.8) is 0 Å². The van der Waals surface area contributed by atoms with Crippen LogP contribution in [-0.2, 0) is 4.79 Å². The van der Waals surface area contributed by atoms with Crippen LogP contribution in [0.3, 0.4) is 0 Å². The highest BCUT2D eigenvalue weighted by Crippen LogP contribution is 2.14. The summed E-state index contributed by atoms with van der Waals surface area (Å²) in [6.07, 6.45) is 0.292. The number of hydrogen-bond donors (Lipinski definition) is 1. The van der Waals surface area contributed by atoms with Gasteiger partial charge in [-0.2, -0.15) is 5.26 Å². The van der Waals surface area contributed by atoms with Gasteiger partial charge in [-0.25, -0.2) is 0 Å². The van der Waals surface area contributed by atoms with Crippen LogP contribution in [0.15, 0.2) is 30.3 Å². The maximum Gasteiger partial charge on any atom is 0.241 e. The molecule has 1 N–H and O–H groups in total. The molecule has 1 rings (SSSR count). The van der Waals surface area contributed by atoms with Crippen molar-refractivity contribution in [2.45, 2.75) is 19.4 Å². The average Bonchev–Trinajstić information content (AvgIpc) is 2.47. The Morgan fingerprint density at radius 2 is 2.05 bits per heavy atom. The molecule has 0 aromatic heterocycles. The first-order chi connectivity index (χ1) is 9.60. The van der Waals surface area contributed by atoms with Crippen molar-refractivity contribution < 1.29 is 9.90 Å². The van der Waals surface area contributed by atoms with Crippen LogP contribution in [0.2, 0.25) is 0 Å². The zero-order valence-electron chi connectivity index (χ0n) is 12.0. The van der Waals surface area contributed by atoms with Gasteiger partial charge in [0.1, 0.15) is 0 Å². The molecular formula is C15H21N3O2. The van der Waals surface area contributed by atoms with Crippen LogP contribution in [0.25, 0.3) is 0 Å². The molecule has 0 aliphatic carbocycles. The fourth-order valence-corrected chi connectivity index (χ4v) is 1.76. The van der Waals surface area contributed by atoms with E-state index in [1.54, 1.807) is 16.8 Å². The lowest BCUT2D eigenvalue weighted by atomic mass is 10.2. The standard InChI is InChI=1S/C15H21N3O2/c1-13(12-19)17(2)11-15(20)18(10-6-9-16)14-7-4-3-5-8-14/h3-5,7-8,13,19H,6,10-12H2,1-2H3. The maximum atomic E-state index is 12.4. The number of para-hydroxylation sites is 1. The van der Waals surface area contributed by atoms with E-state index in [0.717, 1.165) is 5.69 Å². The fraction of sp³-hybridized carbons (Fsp3) is 0.467. The van der Waals surface area contributed by atoms with Crippen molar-refractivity contribution >= 4 is 11.6 Å². The first-order valence-corrected chi connectivity index (χ1v) is 6.63. The molecule has 5 heteroatoms. The van der Waals surface area contributed by atoms with Crippen molar-refractivity contribution in [1.29, 1.82) is 5.26 Å². The van der Waals surface area contributed by atoms with E-state index >= 15 is 0 Å². The van der Waals surface area contributed by atoms with E-state index in [1.165, 1.54) is 0 Å². The second-order valence-corrected chi connectivity index (χ2v) is 4.74. The molecule has 108 valence electrons. The first-order valence-electron chi connectivity index (χ1n) is 6.63. The summed E-state index contributed by atoms with van der Waals surface area (Å²) in [4.78, 5) is 15.8. The Bertz CT molecular complexity index is 456. The number of carbonyl (C=O) groups is 1. The van der Waals surface area contributed by atoms with Crippen molar-refractivity contribution in [2.24, 2.45) is 0 Å². The van der Waals surface area contributed by atoms with Crippen molar-refractivity contribution in [1.82, 2.24) is 4.90 Å². The molecule has 0 saturated carbocycles. The largest absolute Gasteiger partial charge is 0.395 e. The molecule has 1 aromatic carbocycles. The molecule has 0 heterocycles. The summed E-state index contributed by atoms with van der Waals surface area (Å²) in [6.45, 7) is 2.45. The zero-order chi connectivity index (χ0) is 15.0. The Hall–Kier alpha value is -1.90. The molecule has 1 atom stereocenters. The third kappa shape index (κ3) is 4.65. The number of likely N-dealkylation sites (N-methyl/N-ethyl adjacent to an activating group) is 1. The summed E-state index contributed by atoms with van der Waals surface area (Å²) < 4.78 is 0. The van der Waals surface area contributed by atoms with Crippen LogP contribution in [0.5, 0.6) is 0 Å². The number of rotatable bonds is 7. The van der Waals surface area contributed by atoms with E-state index in [1.807, 2.05) is 37.3 Å². The van der Waals surface area contributed by atoms with Gasteiger partial charge in [-0.1, -0.05) is 18.2 Å². The lowest BCUT2D eigenvalue weighted by Gasteiger charge is -2.27. The van der Waals surface area contributed by atoms with Gasteiger partial charge in [0.2, 0.25) is 5.91 Å². The molecule has 1 amide bonds. The Kier molecular flexibility index (Phi) is 6.71. The molecule has 20 heavy (non-hydrogen) atoms. The lowest BCUT2D eigenvalue weighted by Crippen LogP contribution is -2.43. The predicted octanol–water partition coefficient (Wildman–Crippen LogP) is 1.25. The number of nitriles is 1. The van der Waals surface area contributed by atoms with Gasteiger partial charge >= 0.3 is 0 Å². The Morgan fingerprint density at radius 3 is 2.60 bits per heavy atom. The molecule has 0 aliphatic rings. The monoisotopic (exact) mass is 275 g/mol. The van der Waals surface area contributed by atoms with E-state index < -0.39 is 0 Å². The van der Waals surface area contributed by atoms with Gasteiger partial charge in [-0.05, 0) is 26.1 Å².